The van der Waals surface area contributed by atoms with Crippen molar-refractivity contribution in [1.82, 2.24) is 15.4 Å². The van der Waals surface area contributed by atoms with Crippen LogP contribution >= 0.6 is 11.3 Å². The van der Waals surface area contributed by atoms with E-state index in [-0.39, 0.29) is 5.91 Å². The summed E-state index contributed by atoms with van der Waals surface area (Å²) in [4.78, 5) is 15.6. The van der Waals surface area contributed by atoms with Crippen molar-refractivity contribution in [3.63, 3.8) is 0 Å². The number of rotatable bonds is 2. The number of carbonyl (C=O) groups is 1. The van der Waals surface area contributed by atoms with Crippen molar-refractivity contribution in [3.8, 4) is 10.6 Å². The Bertz CT molecular complexity index is 638. The summed E-state index contributed by atoms with van der Waals surface area (Å²) >= 11 is 1.59. The fraction of sp³-hybridized carbons (Fsp3) is 0.500. The summed E-state index contributed by atoms with van der Waals surface area (Å²) in [6.45, 7) is 3.84. The summed E-state index contributed by atoms with van der Waals surface area (Å²) < 4.78 is 5.33. The maximum atomic E-state index is 12.6. The number of hydrogen-bond donors (Lipinski definition) is 1. The van der Waals surface area contributed by atoms with E-state index in [1.807, 2.05) is 22.4 Å². The molecule has 2 aliphatic rings. The molecule has 116 valence electrons. The molecule has 2 saturated heterocycles. The van der Waals surface area contributed by atoms with Crippen LogP contribution in [0.1, 0.15) is 23.3 Å². The highest BCUT2D eigenvalue weighted by Gasteiger charge is 2.32. The van der Waals surface area contributed by atoms with Crippen LogP contribution in [0.2, 0.25) is 0 Å². The van der Waals surface area contributed by atoms with Gasteiger partial charge in [0.1, 0.15) is 0 Å². The van der Waals surface area contributed by atoms with Crippen LogP contribution in [0.15, 0.2) is 28.1 Å². The van der Waals surface area contributed by atoms with Crippen LogP contribution in [0.5, 0.6) is 0 Å². The molecule has 0 bridgehead atoms. The van der Waals surface area contributed by atoms with Crippen LogP contribution in [-0.4, -0.2) is 42.1 Å². The molecule has 0 unspecified atom stereocenters. The van der Waals surface area contributed by atoms with Crippen molar-refractivity contribution in [1.29, 1.82) is 0 Å². The van der Waals surface area contributed by atoms with E-state index in [9.17, 15) is 4.79 Å². The highest BCUT2D eigenvalue weighted by atomic mass is 32.1. The largest absolute Gasteiger partial charge is 0.355 e. The Hall–Kier alpha value is -1.66. The van der Waals surface area contributed by atoms with Gasteiger partial charge in [-0.1, -0.05) is 11.2 Å². The molecule has 0 aromatic carbocycles. The first-order chi connectivity index (χ1) is 10.8. The molecular formula is C16H19N3O2S. The van der Waals surface area contributed by atoms with E-state index in [1.54, 1.807) is 17.4 Å². The molecule has 2 aliphatic heterocycles. The topological polar surface area (TPSA) is 58.4 Å². The minimum Gasteiger partial charge on any atom is -0.355 e. The molecule has 0 aliphatic carbocycles. The first kappa shape index (κ1) is 14.0. The lowest BCUT2D eigenvalue weighted by atomic mass is 9.92. The van der Waals surface area contributed by atoms with Crippen molar-refractivity contribution in [2.24, 2.45) is 11.8 Å². The summed E-state index contributed by atoms with van der Waals surface area (Å²) in [5.41, 5.74) is 0.425. The Morgan fingerprint density at radius 3 is 2.77 bits per heavy atom. The quantitative estimate of drug-likeness (QED) is 0.924. The van der Waals surface area contributed by atoms with E-state index in [0.717, 1.165) is 55.7 Å². The molecule has 2 aromatic heterocycles. The number of thiophene rings is 1. The zero-order chi connectivity index (χ0) is 14.9. The van der Waals surface area contributed by atoms with Crippen LogP contribution in [0.25, 0.3) is 10.6 Å². The van der Waals surface area contributed by atoms with Gasteiger partial charge in [-0.25, -0.2) is 0 Å². The van der Waals surface area contributed by atoms with Gasteiger partial charge in [-0.05, 0) is 49.2 Å². The molecule has 0 radical (unpaired) electrons. The predicted octanol–water partition coefficient (Wildman–Crippen LogP) is 2.47. The summed E-state index contributed by atoms with van der Waals surface area (Å²) in [6.07, 6.45) is 2.16. The highest BCUT2D eigenvalue weighted by Crippen LogP contribution is 2.29. The summed E-state index contributed by atoms with van der Waals surface area (Å²) in [5.74, 6) is 2.11. The monoisotopic (exact) mass is 317 g/mol. The molecule has 2 fully saturated rings. The molecule has 5 nitrogen and oxygen atoms in total. The minimum atomic E-state index is -0.000473. The van der Waals surface area contributed by atoms with Gasteiger partial charge in [-0.2, -0.15) is 0 Å². The van der Waals surface area contributed by atoms with Gasteiger partial charge in [0.25, 0.3) is 5.91 Å². The number of likely N-dealkylation sites (tertiary alicyclic amines) is 1. The Balaban J connectivity index is 1.47. The van der Waals surface area contributed by atoms with Gasteiger partial charge in [-0.3, -0.25) is 4.79 Å². The van der Waals surface area contributed by atoms with Gasteiger partial charge in [-0.15, -0.1) is 11.3 Å². The zero-order valence-electron chi connectivity index (χ0n) is 12.3. The molecule has 6 heteroatoms. The molecule has 0 saturated carbocycles. The van der Waals surface area contributed by atoms with Crippen molar-refractivity contribution in [2.75, 3.05) is 26.2 Å². The Labute approximate surface area is 133 Å². The van der Waals surface area contributed by atoms with E-state index >= 15 is 0 Å². The molecule has 4 rings (SSSR count). The average Bonchev–Trinajstić information content (AvgIpc) is 3.26. The summed E-state index contributed by atoms with van der Waals surface area (Å²) in [5, 5.41) is 9.42. The second kappa shape index (κ2) is 5.85. The predicted molar refractivity (Wildman–Crippen MR) is 84.8 cm³/mol. The normalized spacial score (nSPS) is 25.0. The van der Waals surface area contributed by atoms with Gasteiger partial charge >= 0.3 is 0 Å². The van der Waals surface area contributed by atoms with E-state index < -0.39 is 0 Å². The van der Waals surface area contributed by atoms with Crippen molar-refractivity contribution in [2.45, 2.75) is 12.8 Å². The third kappa shape index (κ3) is 2.57. The van der Waals surface area contributed by atoms with E-state index in [1.165, 1.54) is 0 Å². The SMILES string of the molecule is O=C(c1cc(-c2cccs2)on1)N1CC[C@@H]2CNC[C@@H]2CC1. The van der Waals surface area contributed by atoms with E-state index in [4.69, 9.17) is 4.52 Å². The van der Waals surface area contributed by atoms with E-state index in [2.05, 4.69) is 10.5 Å². The van der Waals surface area contributed by atoms with Crippen LogP contribution in [0.4, 0.5) is 0 Å². The van der Waals surface area contributed by atoms with Gasteiger partial charge in [0.2, 0.25) is 0 Å². The zero-order valence-corrected chi connectivity index (χ0v) is 13.1. The first-order valence-electron chi connectivity index (χ1n) is 7.82. The Morgan fingerprint density at radius 1 is 1.32 bits per heavy atom. The number of nitrogens with one attached hydrogen (secondary N) is 1. The third-order valence-corrected chi connectivity index (χ3v) is 5.68. The molecular weight excluding hydrogens is 298 g/mol. The van der Waals surface area contributed by atoms with Gasteiger partial charge < -0.3 is 14.7 Å². The molecule has 4 heterocycles. The van der Waals surface area contributed by atoms with Crippen molar-refractivity contribution >= 4 is 17.2 Å². The molecule has 2 atom stereocenters. The standard InChI is InChI=1S/C16H19N3O2S/c20-16(13-8-14(21-18-13)15-2-1-7-22-15)19-5-3-11-9-17-10-12(11)4-6-19/h1-2,7-8,11-12,17H,3-6,9-10H2/t11-,12+. The fourth-order valence-electron chi connectivity index (χ4n) is 3.49. The van der Waals surface area contributed by atoms with Crippen LogP contribution < -0.4 is 5.32 Å². The number of amides is 1. The Kier molecular flexibility index (Phi) is 3.72. The third-order valence-electron chi connectivity index (χ3n) is 4.80. The lowest BCUT2D eigenvalue weighted by Gasteiger charge is -2.19. The average molecular weight is 317 g/mol. The summed E-state index contributed by atoms with van der Waals surface area (Å²) in [6, 6.07) is 5.70. The molecule has 1 N–H and O–H groups in total. The molecule has 22 heavy (non-hydrogen) atoms. The Morgan fingerprint density at radius 2 is 2.09 bits per heavy atom. The second-order valence-corrected chi connectivity index (χ2v) is 7.05. The number of aromatic nitrogens is 1. The number of carbonyl (C=O) groups excluding carboxylic acids is 1. The summed E-state index contributed by atoms with van der Waals surface area (Å²) in [7, 11) is 0. The highest BCUT2D eigenvalue weighted by molar-refractivity contribution is 7.13. The maximum Gasteiger partial charge on any atom is 0.276 e. The smallest absolute Gasteiger partial charge is 0.276 e. The molecule has 1 amide bonds. The van der Waals surface area contributed by atoms with Crippen LogP contribution in [-0.2, 0) is 0 Å². The number of hydrogen-bond acceptors (Lipinski definition) is 5. The second-order valence-electron chi connectivity index (χ2n) is 6.10. The minimum absolute atomic E-state index is 0.000473. The van der Waals surface area contributed by atoms with Crippen molar-refractivity contribution in [3.05, 3.63) is 29.3 Å². The number of nitrogens with zero attached hydrogens (tertiary/aromatic N) is 2. The van der Waals surface area contributed by atoms with Gasteiger partial charge in [0.15, 0.2) is 11.5 Å². The van der Waals surface area contributed by atoms with Crippen molar-refractivity contribution < 1.29 is 9.32 Å². The molecule has 2 aromatic rings. The first-order valence-corrected chi connectivity index (χ1v) is 8.70. The fourth-order valence-corrected chi connectivity index (χ4v) is 4.17. The van der Waals surface area contributed by atoms with Crippen LogP contribution in [0, 0.1) is 11.8 Å². The number of fused-ring (bicyclic) bond motifs is 1. The molecule has 0 spiro atoms. The van der Waals surface area contributed by atoms with Gasteiger partial charge in [0, 0.05) is 19.2 Å². The lowest BCUT2D eigenvalue weighted by Crippen LogP contribution is -2.32. The maximum absolute atomic E-state index is 12.6. The van der Waals surface area contributed by atoms with Gasteiger partial charge in [0.05, 0.1) is 4.88 Å². The van der Waals surface area contributed by atoms with Crippen LogP contribution in [0.3, 0.4) is 0 Å². The van der Waals surface area contributed by atoms with E-state index in [0.29, 0.717) is 11.5 Å². The lowest BCUT2D eigenvalue weighted by molar-refractivity contribution is 0.0748.